The smallest absolute Gasteiger partial charge is 0.264 e. The van der Waals surface area contributed by atoms with Crippen molar-refractivity contribution in [3.8, 4) is 11.5 Å². The second-order valence-electron chi connectivity index (χ2n) is 7.46. The second kappa shape index (κ2) is 9.84. The predicted octanol–water partition coefficient (Wildman–Crippen LogP) is 3.37. The van der Waals surface area contributed by atoms with E-state index in [2.05, 4.69) is 5.32 Å². The van der Waals surface area contributed by atoms with Crippen LogP contribution < -0.4 is 19.1 Å². The van der Waals surface area contributed by atoms with Gasteiger partial charge in [-0.05, 0) is 44.0 Å². The Morgan fingerprint density at radius 2 is 1.60 bits per heavy atom. The molecule has 0 fully saturated rings. The van der Waals surface area contributed by atoms with Crippen LogP contribution in [0.1, 0.15) is 26.3 Å². The first kappa shape index (κ1) is 23.5. The van der Waals surface area contributed by atoms with Crippen molar-refractivity contribution < 1.29 is 22.7 Å². The number of hydrogen-bond donors (Lipinski definition) is 1. The summed E-state index contributed by atoms with van der Waals surface area (Å²) in [7, 11) is -1.12. The van der Waals surface area contributed by atoms with Crippen LogP contribution in [0.4, 0.5) is 5.69 Å². The zero-order valence-corrected chi connectivity index (χ0v) is 19.1. The summed E-state index contributed by atoms with van der Waals surface area (Å²) in [6.07, 6.45) is 0. The number of carbonyl (C=O) groups is 1. The van der Waals surface area contributed by atoms with E-state index in [4.69, 9.17) is 9.47 Å². The molecule has 2 aromatic carbocycles. The molecular weight excluding hydrogens is 404 g/mol. The molecule has 0 saturated heterocycles. The average molecular weight is 435 g/mol. The standard InChI is InChI=1S/C22H30N2O5S/c1-15(2)17(4)23-22(25)14-24(18-9-7-16(3)8-10-18)30(26,27)19-11-12-20(28-5)21(13-19)29-6/h7-13,15,17H,14H2,1-6H3,(H,23,25). The SMILES string of the molecule is COc1ccc(S(=O)(=O)N(CC(=O)NC(C)C(C)C)c2ccc(C)cc2)cc1OC. The molecule has 0 saturated carbocycles. The van der Waals surface area contributed by atoms with Crippen molar-refractivity contribution in [2.24, 2.45) is 5.92 Å². The van der Waals surface area contributed by atoms with E-state index < -0.39 is 10.0 Å². The van der Waals surface area contributed by atoms with E-state index in [9.17, 15) is 13.2 Å². The van der Waals surface area contributed by atoms with Gasteiger partial charge in [-0.25, -0.2) is 8.42 Å². The van der Waals surface area contributed by atoms with Crippen LogP contribution in [-0.2, 0) is 14.8 Å². The van der Waals surface area contributed by atoms with E-state index in [-0.39, 0.29) is 29.3 Å². The monoisotopic (exact) mass is 434 g/mol. The molecule has 0 aliphatic carbocycles. The van der Waals surface area contributed by atoms with Gasteiger partial charge in [0, 0.05) is 12.1 Å². The van der Waals surface area contributed by atoms with Gasteiger partial charge in [0.05, 0.1) is 24.8 Å². The summed E-state index contributed by atoms with van der Waals surface area (Å²) in [5, 5.41) is 2.87. The normalized spacial score (nSPS) is 12.4. The fourth-order valence-corrected chi connectivity index (χ4v) is 4.16. The molecule has 2 aromatic rings. The summed E-state index contributed by atoms with van der Waals surface area (Å²) in [4.78, 5) is 12.7. The maximum atomic E-state index is 13.5. The summed E-state index contributed by atoms with van der Waals surface area (Å²) < 4.78 is 38.5. The minimum Gasteiger partial charge on any atom is -0.493 e. The Morgan fingerprint density at radius 3 is 2.13 bits per heavy atom. The molecule has 0 aliphatic heterocycles. The van der Waals surface area contributed by atoms with Crippen LogP contribution in [0, 0.1) is 12.8 Å². The highest BCUT2D eigenvalue weighted by Gasteiger charge is 2.29. The van der Waals surface area contributed by atoms with E-state index in [0.717, 1.165) is 9.87 Å². The number of ether oxygens (including phenoxy) is 2. The van der Waals surface area contributed by atoms with Gasteiger partial charge >= 0.3 is 0 Å². The minimum absolute atomic E-state index is 0.00503. The van der Waals surface area contributed by atoms with Crippen LogP contribution in [0.3, 0.4) is 0 Å². The molecule has 7 nitrogen and oxygen atoms in total. The van der Waals surface area contributed by atoms with Crippen molar-refractivity contribution in [3.05, 3.63) is 48.0 Å². The molecule has 1 N–H and O–H groups in total. The van der Waals surface area contributed by atoms with E-state index in [1.165, 1.54) is 32.4 Å². The van der Waals surface area contributed by atoms with Crippen molar-refractivity contribution in [1.29, 1.82) is 0 Å². The summed E-state index contributed by atoms with van der Waals surface area (Å²) in [5.41, 5.74) is 1.39. The van der Waals surface area contributed by atoms with Gasteiger partial charge in [0.1, 0.15) is 6.54 Å². The van der Waals surface area contributed by atoms with E-state index in [0.29, 0.717) is 17.2 Å². The van der Waals surface area contributed by atoms with Gasteiger partial charge < -0.3 is 14.8 Å². The number of benzene rings is 2. The van der Waals surface area contributed by atoms with Crippen molar-refractivity contribution >= 4 is 21.6 Å². The fourth-order valence-electron chi connectivity index (χ4n) is 2.73. The van der Waals surface area contributed by atoms with E-state index in [1.54, 1.807) is 24.3 Å². The molecule has 2 rings (SSSR count). The Kier molecular flexibility index (Phi) is 7.72. The van der Waals surface area contributed by atoms with Gasteiger partial charge in [0.2, 0.25) is 5.91 Å². The number of anilines is 1. The lowest BCUT2D eigenvalue weighted by Crippen LogP contribution is -2.45. The van der Waals surface area contributed by atoms with Crippen molar-refractivity contribution in [3.63, 3.8) is 0 Å². The highest BCUT2D eigenvalue weighted by Crippen LogP contribution is 2.32. The van der Waals surface area contributed by atoms with Crippen LogP contribution in [-0.4, -0.2) is 41.1 Å². The Labute approximate surface area is 179 Å². The number of rotatable bonds is 9. The number of hydrogen-bond acceptors (Lipinski definition) is 5. The van der Waals surface area contributed by atoms with Crippen LogP contribution in [0.25, 0.3) is 0 Å². The van der Waals surface area contributed by atoms with Crippen LogP contribution >= 0.6 is 0 Å². The molecule has 0 aromatic heterocycles. The first-order chi connectivity index (χ1) is 14.1. The summed E-state index contributed by atoms with van der Waals surface area (Å²) in [5.74, 6) is 0.562. The maximum absolute atomic E-state index is 13.5. The number of aryl methyl sites for hydroxylation is 1. The van der Waals surface area contributed by atoms with E-state index >= 15 is 0 Å². The molecule has 1 amide bonds. The molecule has 0 radical (unpaired) electrons. The maximum Gasteiger partial charge on any atom is 0.264 e. The highest BCUT2D eigenvalue weighted by atomic mass is 32.2. The van der Waals surface area contributed by atoms with Crippen molar-refractivity contribution in [1.82, 2.24) is 5.32 Å². The van der Waals surface area contributed by atoms with Crippen molar-refractivity contribution in [2.45, 2.75) is 38.6 Å². The highest BCUT2D eigenvalue weighted by molar-refractivity contribution is 7.92. The van der Waals surface area contributed by atoms with Gasteiger partial charge in [-0.15, -0.1) is 0 Å². The third-order valence-corrected chi connectivity index (χ3v) is 6.71. The van der Waals surface area contributed by atoms with Crippen LogP contribution in [0.15, 0.2) is 47.4 Å². The first-order valence-corrected chi connectivity index (χ1v) is 11.1. The molecule has 164 valence electrons. The number of sulfonamides is 1. The number of nitrogens with one attached hydrogen (secondary N) is 1. The minimum atomic E-state index is -4.04. The number of methoxy groups -OCH3 is 2. The zero-order valence-electron chi connectivity index (χ0n) is 18.3. The first-order valence-electron chi connectivity index (χ1n) is 9.71. The molecule has 1 unspecified atom stereocenters. The quantitative estimate of drug-likeness (QED) is 0.654. The molecule has 0 spiro atoms. The topological polar surface area (TPSA) is 84.9 Å². The van der Waals surface area contributed by atoms with Crippen LogP contribution in [0.5, 0.6) is 11.5 Å². The molecule has 0 aliphatic rings. The van der Waals surface area contributed by atoms with Gasteiger partial charge in [-0.3, -0.25) is 9.10 Å². The summed E-state index contributed by atoms with van der Waals surface area (Å²) in [6, 6.07) is 11.3. The third-order valence-electron chi connectivity index (χ3n) is 4.94. The molecule has 8 heteroatoms. The molecule has 1 atom stereocenters. The Bertz CT molecular complexity index is 972. The Balaban J connectivity index is 2.47. The lowest BCUT2D eigenvalue weighted by molar-refractivity contribution is -0.120. The number of amides is 1. The molecule has 30 heavy (non-hydrogen) atoms. The summed E-state index contributed by atoms with van der Waals surface area (Å²) in [6.45, 7) is 7.44. The molecule has 0 heterocycles. The van der Waals surface area contributed by atoms with Gasteiger partial charge in [0.25, 0.3) is 10.0 Å². The van der Waals surface area contributed by atoms with Crippen LogP contribution in [0.2, 0.25) is 0 Å². The average Bonchev–Trinajstić information content (AvgIpc) is 2.71. The summed E-state index contributed by atoms with van der Waals surface area (Å²) >= 11 is 0. The Hall–Kier alpha value is -2.74. The predicted molar refractivity (Wildman–Crippen MR) is 118 cm³/mol. The largest absolute Gasteiger partial charge is 0.493 e. The molecular formula is C22H30N2O5S. The lowest BCUT2D eigenvalue weighted by Gasteiger charge is -2.26. The van der Waals surface area contributed by atoms with Gasteiger partial charge in [-0.2, -0.15) is 0 Å². The third kappa shape index (κ3) is 5.44. The second-order valence-corrected chi connectivity index (χ2v) is 9.33. The van der Waals surface area contributed by atoms with E-state index in [1.807, 2.05) is 27.7 Å². The number of nitrogens with zero attached hydrogens (tertiary/aromatic N) is 1. The number of carbonyl (C=O) groups excluding carboxylic acids is 1. The van der Waals surface area contributed by atoms with Crippen molar-refractivity contribution in [2.75, 3.05) is 25.1 Å². The molecule has 0 bridgehead atoms. The van der Waals surface area contributed by atoms with Gasteiger partial charge in [-0.1, -0.05) is 31.5 Å². The lowest BCUT2D eigenvalue weighted by atomic mass is 10.1. The fraction of sp³-hybridized carbons (Fsp3) is 0.409. The van der Waals surface area contributed by atoms with Gasteiger partial charge in [0.15, 0.2) is 11.5 Å². The Morgan fingerprint density at radius 1 is 1.00 bits per heavy atom. The zero-order chi connectivity index (χ0) is 22.5.